The van der Waals surface area contributed by atoms with Gasteiger partial charge in [0.25, 0.3) is 0 Å². The molecule has 11 rings (SSSR count). The average Bonchev–Trinajstić information content (AvgIpc) is 3.81. The summed E-state index contributed by atoms with van der Waals surface area (Å²) in [6, 6.07) is 73.8. The van der Waals surface area contributed by atoms with Gasteiger partial charge in [0.2, 0.25) is 0 Å². The van der Waals surface area contributed by atoms with E-state index in [4.69, 9.17) is 4.42 Å². The minimum atomic E-state index is 0.902. The van der Waals surface area contributed by atoms with Crippen molar-refractivity contribution in [3.8, 4) is 27.9 Å². The monoisotopic (exact) mass is 702 g/mol. The Bertz CT molecular complexity index is 3140. The van der Waals surface area contributed by atoms with Crippen LogP contribution in [0.15, 0.2) is 211 Å². The summed E-state index contributed by atoms with van der Waals surface area (Å²) in [5, 5.41) is 7.12. The molecular formula is C52H34N2O. The summed E-state index contributed by atoms with van der Waals surface area (Å²) in [6.07, 6.45) is 0. The van der Waals surface area contributed by atoms with Crippen LogP contribution in [0.2, 0.25) is 0 Å². The number of hydrogen-bond acceptors (Lipinski definition) is 2. The Morgan fingerprint density at radius 1 is 0.364 bits per heavy atom. The highest BCUT2D eigenvalue weighted by atomic mass is 16.3. The molecule has 0 N–H and O–H groups in total. The van der Waals surface area contributed by atoms with Crippen molar-refractivity contribution in [1.29, 1.82) is 0 Å². The van der Waals surface area contributed by atoms with E-state index in [-0.39, 0.29) is 0 Å². The van der Waals surface area contributed by atoms with Crippen LogP contribution in [0.5, 0.6) is 0 Å². The third-order valence-electron chi connectivity index (χ3n) is 11.0. The zero-order valence-electron chi connectivity index (χ0n) is 29.9. The van der Waals surface area contributed by atoms with Gasteiger partial charge in [-0.15, -0.1) is 0 Å². The normalized spacial score (nSPS) is 11.6. The van der Waals surface area contributed by atoms with Crippen molar-refractivity contribution in [1.82, 2.24) is 4.57 Å². The van der Waals surface area contributed by atoms with Gasteiger partial charge in [-0.05, 0) is 88.8 Å². The molecule has 0 radical (unpaired) electrons. The Morgan fingerprint density at radius 2 is 0.909 bits per heavy atom. The second-order valence-electron chi connectivity index (χ2n) is 14.1. The van der Waals surface area contributed by atoms with Crippen LogP contribution >= 0.6 is 0 Å². The molecular weight excluding hydrogens is 669 g/mol. The van der Waals surface area contributed by atoms with Crippen LogP contribution < -0.4 is 4.90 Å². The van der Waals surface area contributed by atoms with E-state index in [9.17, 15) is 0 Å². The van der Waals surface area contributed by atoms with Crippen LogP contribution in [0.25, 0.3) is 82.5 Å². The first-order valence-electron chi connectivity index (χ1n) is 18.8. The van der Waals surface area contributed by atoms with E-state index in [2.05, 4.69) is 216 Å². The fraction of sp³-hybridized carbons (Fsp3) is 0. The third-order valence-corrected chi connectivity index (χ3v) is 11.0. The van der Waals surface area contributed by atoms with E-state index in [1.165, 1.54) is 32.8 Å². The summed E-state index contributed by atoms with van der Waals surface area (Å²) in [5.41, 5.74) is 13.4. The standard InChI is InChI=1S/C52H34N2O/c1-2-14-38(15-3-1)53(40-32-27-37(28-33-40)42-20-12-24-50-51(42)46-34-29-35-13-4-5-17-43(35)52(46)55-50)39-30-25-36(26-31-39)41-16-6-9-21-47(41)54-48-22-10-7-18-44(48)45-19-8-11-23-49(45)54/h1-34H. The zero-order chi connectivity index (χ0) is 36.3. The van der Waals surface area contributed by atoms with Gasteiger partial charge in [-0.1, -0.05) is 140 Å². The van der Waals surface area contributed by atoms with Gasteiger partial charge in [-0.2, -0.15) is 0 Å². The molecule has 0 saturated carbocycles. The molecule has 0 saturated heterocycles. The highest BCUT2D eigenvalue weighted by Gasteiger charge is 2.18. The van der Waals surface area contributed by atoms with Crippen molar-refractivity contribution < 1.29 is 4.42 Å². The van der Waals surface area contributed by atoms with Crippen LogP contribution in [-0.2, 0) is 0 Å². The second-order valence-corrected chi connectivity index (χ2v) is 14.1. The lowest BCUT2D eigenvalue weighted by Gasteiger charge is -2.26. The lowest BCUT2D eigenvalue weighted by molar-refractivity contribution is 0.673. The van der Waals surface area contributed by atoms with Gasteiger partial charge in [0.1, 0.15) is 11.2 Å². The maximum atomic E-state index is 6.50. The topological polar surface area (TPSA) is 21.3 Å². The lowest BCUT2D eigenvalue weighted by atomic mass is 9.98. The molecule has 0 atom stereocenters. The maximum Gasteiger partial charge on any atom is 0.143 e. The molecule has 3 nitrogen and oxygen atoms in total. The zero-order valence-corrected chi connectivity index (χ0v) is 29.9. The Hall–Kier alpha value is -7.36. The molecule has 2 aromatic heterocycles. The Kier molecular flexibility index (Phi) is 7.17. The molecule has 0 bridgehead atoms. The van der Waals surface area contributed by atoms with Gasteiger partial charge in [-0.3, -0.25) is 0 Å². The smallest absolute Gasteiger partial charge is 0.143 e. The SMILES string of the molecule is c1ccc(N(c2ccc(-c3ccccc3-n3c4ccccc4c4ccccc43)cc2)c2ccc(-c3cccc4oc5c6ccccc6ccc5c34)cc2)cc1. The van der Waals surface area contributed by atoms with Crippen LogP contribution in [0.3, 0.4) is 0 Å². The number of nitrogens with zero attached hydrogens (tertiary/aromatic N) is 2. The molecule has 3 heteroatoms. The molecule has 55 heavy (non-hydrogen) atoms. The average molecular weight is 703 g/mol. The molecule has 0 spiro atoms. The van der Waals surface area contributed by atoms with Crippen LogP contribution in [0.1, 0.15) is 0 Å². The van der Waals surface area contributed by atoms with E-state index >= 15 is 0 Å². The van der Waals surface area contributed by atoms with E-state index in [1.54, 1.807) is 0 Å². The largest absolute Gasteiger partial charge is 0.455 e. The van der Waals surface area contributed by atoms with E-state index in [1.807, 2.05) is 0 Å². The minimum absolute atomic E-state index is 0.902. The van der Waals surface area contributed by atoms with Crippen molar-refractivity contribution in [3.63, 3.8) is 0 Å². The summed E-state index contributed by atoms with van der Waals surface area (Å²) in [6.45, 7) is 0. The molecule has 258 valence electrons. The van der Waals surface area contributed by atoms with E-state index in [0.717, 1.165) is 66.8 Å². The molecule has 0 aliphatic rings. The molecule has 11 aromatic rings. The number of anilines is 3. The summed E-state index contributed by atoms with van der Waals surface area (Å²) in [5.74, 6) is 0. The predicted molar refractivity (Wildman–Crippen MR) is 231 cm³/mol. The Morgan fingerprint density at radius 3 is 1.62 bits per heavy atom. The molecule has 9 aromatic carbocycles. The quantitative estimate of drug-likeness (QED) is 0.172. The first-order chi connectivity index (χ1) is 27.3. The lowest BCUT2D eigenvalue weighted by Crippen LogP contribution is -2.09. The number of para-hydroxylation sites is 4. The fourth-order valence-corrected chi connectivity index (χ4v) is 8.49. The third kappa shape index (κ3) is 5.05. The molecule has 0 fully saturated rings. The van der Waals surface area contributed by atoms with Crippen molar-refractivity contribution in [2.75, 3.05) is 4.90 Å². The van der Waals surface area contributed by atoms with Crippen molar-refractivity contribution in [3.05, 3.63) is 206 Å². The van der Waals surface area contributed by atoms with E-state index in [0.29, 0.717) is 0 Å². The Balaban J connectivity index is 0.989. The number of fused-ring (bicyclic) bond motifs is 8. The van der Waals surface area contributed by atoms with Gasteiger partial charge in [0.15, 0.2) is 0 Å². The number of hydrogen-bond donors (Lipinski definition) is 0. The number of rotatable bonds is 6. The summed E-state index contributed by atoms with van der Waals surface area (Å²) < 4.78 is 8.91. The summed E-state index contributed by atoms with van der Waals surface area (Å²) >= 11 is 0. The number of benzene rings is 9. The van der Waals surface area contributed by atoms with Gasteiger partial charge < -0.3 is 13.9 Å². The molecule has 2 heterocycles. The van der Waals surface area contributed by atoms with E-state index < -0.39 is 0 Å². The second kappa shape index (κ2) is 12.6. The van der Waals surface area contributed by atoms with Crippen molar-refractivity contribution in [2.24, 2.45) is 0 Å². The van der Waals surface area contributed by atoms with Crippen LogP contribution in [-0.4, -0.2) is 4.57 Å². The van der Waals surface area contributed by atoms with Gasteiger partial charge in [-0.25, -0.2) is 0 Å². The first-order valence-corrected chi connectivity index (χ1v) is 18.8. The first kappa shape index (κ1) is 31.2. The predicted octanol–water partition coefficient (Wildman–Crippen LogP) is 14.6. The van der Waals surface area contributed by atoms with Crippen LogP contribution in [0, 0.1) is 0 Å². The van der Waals surface area contributed by atoms with Crippen molar-refractivity contribution >= 4 is 71.6 Å². The molecule has 0 unspecified atom stereocenters. The minimum Gasteiger partial charge on any atom is -0.455 e. The van der Waals surface area contributed by atoms with Crippen LogP contribution in [0.4, 0.5) is 17.1 Å². The maximum absolute atomic E-state index is 6.50. The highest BCUT2D eigenvalue weighted by Crippen LogP contribution is 2.42. The van der Waals surface area contributed by atoms with Gasteiger partial charge >= 0.3 is 0 Å². The summed E-state index contributed by atoms with van der Waals surface area (Å²) in [4.78, 5) is 2.33. The van der Waals surface area contributed by atoms with Gasteiger partial charge in [0.05, 0.1) is 16.7 Å². The highest BCUT2D eigenvalue weighted by molar-refractivity contribution is 6.19. The number of furan rings is 1. The van der Waals surface area contributed by atoms with Gasteiger partial charge in [0, 0.05) is 49.6 Å². The molecule has 0 amide bonds. The fourth-order valence-electron chi connectivity index (χ4n) is 8.49. The Labute approximate surface area is 318 Å². The molecule has 0 aliphatic carbocycles. The number of aromatic nitrogens is 1. The summed E-state index contributed by atoms with van der Waals surface area (Å²) in [7, 11) is 0. The van der Waals surface area contributed by atoms with Crippen molar-refractivity contribution in [2.45, 2.75) is 0 Å². The molecule has 0 aliphatic heterocycles.